The highest BCUT2D eigenvalue weighted by Crippen LogP contribution is 2.33. The van der Waals surface area contributed by atoms with E-state index in [0.717, 1.165) is 12.0 Å². The Labute approximate surface area is 180 Å². The molecule has 0 saturated carbocycles. The molecule has 4 rings (SSSR count). The molecule has 8 heteroatoms. The number of oxime groups is 1. The van der Waals surface area contributed by atoms with Gasteiger partial charge in [0.25, 0.3) is 0 Å². The van der Waals surface area contributed by atoms with Gasteiger partial charge < -0.3 is 4.84 Å². The second-order valence-corrected chi connectivity index (χ2v) is 7.33. The maximum atomic E-state index is 14.0. The van der Waals surface area contributed by atoms with E-state index in [1.165, 1.54) is 0 Å². The fourth-order valence-electron chi connectivity index (χ4n) is 3.89. The van der Waals surface area contributed by atoms with Crippen LogP contribution in [0.2, 0.25) is 0 Å². The first-order valence-corrected chi connectivity index (χ1v) is 9.80. The number of hydrogen-bond acceptors (Lipinski definition) is 3. The van der Waals surface area contributed by atoms with Crippen LogP contribution in [0.5, 0.6) is 0 Å². The number of benzene rings is 2. The number of carbonyl (C=O) groups excluding carboxylic acids is 1. The number of carbonyl (C=O) groups is 1. The fraction of sp³-hybridized carbons (Fsp3) is 0.167. The summed E-state index contributed by atoms with van der Waals surface area (Å²) in [5, 5.41) is 3.86. The quantitative estimate of drug-likeness (QED) is 0.197. The summed E-state index contributed by atoms with van der Waals surface area (Å²) in [5.41, 5.74) is 0.289. The van der Waals surface area contributed by atoms with Crippen LogP contribution >= 0.6 is 0 Å². The van der Waals surface area contributed by atoms with Crippen LogP contribution in [0, 0.1) is 40.9 Å². The molecule has 32 heavy (non-hydrogen) atoms. The van der Waals surface area contributed by atoms with E-state index in [1.54, 1.807) is 12.1 Å². The molecule has 0 bridgehead atoms. The normalized spacial score (nSPS) is 19.2. The van der Waals surface area contributed by atoms with Gasteiger partial charge in [-0.3, -0.25) is 0 Å². The summed E-state index contributed by atoms with van der Waals surface area (Å²) in [5.74, 6) is -13.5. The molecule has 0 radical (unpaired) electrons. The topological polar surface area (TPSA) is 38.7 Å². The highest BCUT2D eigenvalue weighted by atomic mass is 19.2. The molecule has 3 nitrogen and oxygen atoms in total. The molecule has 1 atom stereocenters. The second-order valence-electron chi connectivity index (χ2n) is 7.33. The molecule has 0 N–H and O–H groups in total. The monoisotopic (exact) mass is 445 g/mol. The molecule has 2 aromatic rings. The van der Waals surface area contributed by atoms with Crippen molar-refractivity contribution in [2.24, 2.45) is 17.0 Å². The molecule has 0 aromatic heterocycles. The van der Waals surface area contributed by atoms with Crippen molar-refractivity contribution in [1.29, 1.82) is 0 Å². The van der Waals surface area contributed by atoms with Crippen molar-refractivity contribution < 1.29 is 31.6 Å². The van der Waals surface area contributed by atoms with Gasteiger partial charge in [-0.25, -0.2) is 26.7 Å². The summed E-state index contributed by atoms with van der Waals surface area (Å²) in [7, 11) is 0. The third kappa shape index (κ3) is 3.88. The molecule has 164 valence electrons. The van der Waals surface area contributed by atoms with Gasteiger partial charge in [-0.15, -0.1) is 0 Å². The summed E-state index contributed by atoms with van der Waals surface area (Å²) in [4.78, 5) is 17.0. The van der Waals surface area contributed by atoms with Gasteiger partial charge in [0, 0.05) is 17.4 Å². The van der Waals surface area contributed by atoms with Crippen LogP contribution in [0.15, 0.2) is 65.9 Å². The zero-order chi connectivity index (χ0) is 22.8. The van der Waals surface area contributed by atoms with Crippen molar-refractivity contribution in [2.75, 3.05) is 0 Å². The van der Waals surface area contributed by atoms with E-state index in [4.69, 9.17) is 4.84 Å². The summed E-state index contributed by atoms with van der Waals surface area (Å²) in [6, 6.07) is 7.26. The lowest BCUT2D eigenvalue weighted by Gasteiger charge is -2.29. The Balaban J connectivity index is 1.73. The first kappa shape index (κ1) is 21.7. The number of nitrogens with zero attached hydrogens (tertiary/aromatic N) is 1. The van der Waals surface area contributed by atoms with Gasteiger partial charge in [-0.1, -0.05) is 65.9 Å². The van der Waals surface area contributed by atoms with E-state index in [9.17, 15) is 26.7 Å². The van der Waals surface area contributed by atoms with Gasteiger partial charge >= 0.3 is 5.97 Å². The van der Waals surface area contributed by atoms with Crippen molar-refractivity contribution in [2.45, 2.75) is 12.8 Å². The Morgan fingerprint density at radius 2 is 1.44 bits per heavy atom. The van der Waals surface area contributed by atoms with Crippen LogP contribution in [0.3, 0.4) is 0 Å². The average molecular weight is 445 g/mol. The number of fused-ring (bicyclic) bond motifs is 1. The molecule has 0 fully saturated rings. The summed E-state index contributed by atoms with van der Waals surface area (Å²) >= 11 is 0. The van der Waals surface area contributed by atoms with Gasteiger partial charge in [-0.2, -0.15) is 0 Å². The molecular weight excluding hydrogens is 429 g/mol. The van der Waals surface area contributed by atoms with Crippen LogP contribution in [-0.2, 0) is 11.3 Å². The predicted octanol–water partition coefficient (Wildman–Crippen LogP) is 5.80. The Bertz CT molecular complexity index is 1150. The van der Waals surface area contributed by atoms with Crippen molar-refractivity contribution in [3.63, 3.8) is 0 Å². The van der Waals surface area contributed by atoms with Crippen LogP contribution in [0.25, 0.3) is 0 Å². The van der Waals surface area contributed by atoms with E-state index in [1.807, 2.05) is 48.6 Å². The minimum absolute atomic E-state index is 0.106. The molecular formula is C24H16F5NO2. The number of hydrogen-bond donors (Lipinski definition) is 0. The first-order valence-electron chi connectivity index (χ1n) is 9.80. The van der Waals surface area contributed by atoms with Crippen molar-refractivity contribution >= 4 is 11.7 Å². The molecule has 0 aliphatic heterocycles. The Kier molecular flexibility index (Phi) is 6.03. The fourth-order valence-corrected chi connectivity index (χ4v) is 3.89. The predicted molar refractivity (Wildman–Crippen MR) is 107 cm³/mol. The summed E-state index contributed by atoms with van der Waals surface area (Å²) < 4.78 is 68.2. The largest absolute Gasteiger partial charge is 0.371 e. The van der Waals surface area contributed by atoms with Gasteiger partial charge in [0.2, 0.25) is 5.82 Å². The molecule has 1 unspecified atom stereocenters. The van der Waals surface area contributed by atoms with Crippen LogP contribution in [-0.4, -0.2) is 11.7 Å². The summed E-state index contributed by atoms with van der Waals surface area (Å²) in [6.07, 6.45) is 12.7. The lowest BCUT2D eigenvalue weighted by Crippen LogP contribution is -2.29. The molecule has 2 aromatic carbocycles. The number of halogens is 5. The van der Waals surface area contributed by atoms with Gasteiger partial charge in [0.1, 0.15) is 5.56 Å². The zero-order valence-corrected chi connectivity index (χ0v) is 16.5. The molecule has 2 aliphatic rings. The molecule has 0 spiro atoms. The average Bonchev–Trinajstić information content (AvgIpc) is 3.09. The third-order valence-corrected chi connectivity index (χ3v) is 5.47. The van der Waals surface area contributed by atoms with Crippen LogP contribution in [0.4, 0.5) is 22.0 Å². The standard InChI is InChI=1S/C24H16F5NO2/c25-18-17(19(26)21(28)22(29)20(18)27)24(31)32-30-23-15-10-6-5-9-14(15)11-12-16(23)13-7-3-1-2-4-8-13/h1-10,13,16H,11-12H2/b30-23-. The lowest BCUT2D eigenvalue weighted by molar-refractivity contribution is 0.0498. The van der Waals surface area contributed by atoms with Gasteiger partial charge in [0.05, 0.1) is 5.71 Å². The van der Waals surface area contributed by atoms with Crippen molar-refractivity contribution in [3.05, 3.63) is 106 Å². The lowest BCUT2D eigenvalue weighted by atomic mass is 9.75. The van der Waals surface area contributed by atoms with E-state index in [0.29, 0.717) is 17.7 Å². The number of allylic oxidation sites excluding steroid dienone is 6. The van der Waals surface area contributed by atoms with Crippen molar-refractivity contribution in [3.8, 4) is 0 Å². The van der Waals surface area contributed by atoms with E-state index >= 15 is 0 Å². The van der Waals surface area contributed by atoms with Gasteiger partial charge in [0.15, 0.2) is 23.3 Å². The van der Waals surface area contributed by atoms with Crippen LogP contribution < -0.4 is 0 Å². The highest BCUT2D eigenvalue weighted by molar-refractivity contribution is 6.05. The third-order valence-electron chi connectivity index (χ3n) is 5.47. The van der Waals surface area contributed by atoms with E-state index in [2.05, 4.69) is 5.16 Å². The van der Waals surface area contributed by atoms with E-state index in [-0.39, 0.29) is 11.8 Å². The van der Waals surface area contributed by atoms with Crippen molar-refractivity contribution in [1.82, 2.24) is 0 Å². The van der Waals surface area contributed by atoms with Crippen LogP contribution in [0.1, 0.15) is 27.9 Å². The SMILES string of the molecule is O=C(O/N=C1/c2ccccc2CCC1C1C=CC=CC=C1)c1c(F)c(F)c(F)c(F)c1F. The highest BCUT2D eigenvalue weighted by Gasteiger charge is 2.33. The smallest absolute Gasteiger partial charge is 0.312 e. The minimum atomic E-state index is -2.36. The maximum absolute atomic E-state index is 14.0. The van der Waals surface area contributed by atoms with E-state index < -0.39 is 40.6 Å². The molecule has 0 amide bonds. The minimum Gasteiger partial charge on any atom is -0.312 e. The Morgan fingerprint density at radius 3 is 2.09 bits per heavy atom. The van der Waals surface area contributed by atoms with Gasteiger partial charge in [-0.05, 0) is 18.4 Å². The first-order chi connectivity index (χ1) is 15.4. The Hall–Kier alpha value is -3.55. The molecule has 2 aliphatic carbocycles. The Morgan fingerprint density at radius 1 is 0.844 bits per heavy atom. The zero-order valence-electron chi connectivity index (χ0n) is 16.5. The second kappa shape index (κ2) is 8.90. The summed E-state index contributed by atoms with van der Waals surface area (Å²) in [6.45, 7) is 0. The molecule has 0 saturated heterocycles. The number of aryl methyl sites for hydroxylation is 1. The maximum Gasteiger partial charge on any atom is 0.371 e. The number of rotatable bonds is 3. The molecule has 0 heterocycles.